The fourth-order valence-electron chi connectivity index (χ4n) is 1.53. The fourth-order valence-corrected chi connectivity index (χ4v) is 2.58. The molecule has 1 aromatic carbocycles. The quantitative estimate of drug-likeness (QED) is 0.807. The summed E-state index contributed by atoms with van der Waals surface area (Å²) in [5.41, 5.74) is 1.77. The average Bonchev–Trinajstić information content (AvgIpc) is 2.33. The first-order chi connectivity index (χ1) is 8.61. The lowest BCUT2D eigenvalue weighted by Gasteiger charge is -2.11. The number of rotatable bonds is 3. The van der Waals surface area contributed by atoms with Gasteiger partial charge in [-0.25, -0.2) is 9.97 Å². The van der Waals surface area contributed by atoms with Gasteiger partial charge in [0.15, 0.2) is 0 Å². The maximum Gasteiger partial charge on any atom is 0.138 e. The Hall–Kier alpha value is -0.840. The van der Waals surface area contributed by atoms with Gasteiger partial charge >= 0.3 is 0 Å². The lowest BCUT2D eigenvalue weighted by Crippen LogP contribution is -2.01. The van der Waals surface area contributed by atoms with Crippen LogP contribution in [0.1, 0.15) is 12.5 Å². The number of aromatic nitrogens is 2. The van der Waals surface area contributed by atoms with Gasteiger partial charge in [0.2, 0.25) is 0 Å². The van der Waals surface area contributed by atoms with Gasteiger partial charge in [-0.2, -0.15) is 0 Å². The molecule has 0 amide bonds. The van der Waals surface area contributed by atoms with Crippen LogP contribution in [0.15, 0.2) is 29.0 Å². The van der Waals surface area contributed by atoms with Crippen molar-refractivity contribution in [3.05, 3.63) is 44.7 Å². The van der Waals surface area contributed by atoms with Crippen molar-refractivity contribution in [1.82, 2.24) is 9.97 Å². The van der Waals surface area contributed by atoms with Crippen LogP contribution in [0.2, 0.25) is 10.2 Å². The summed E-state index contributed by atoms with van der Waals surface area (Å²) in [6.45, 7) is 2.01. The smallest absolute Gasteiger partial charge is 0.138 e. The second-order valence-corrected chi connectivity index (χ2v) is 5.24. The minimum Gasteiger partial charge on any atom is -0.339 e. The van der Waals surface area contributed by atoms with Gasteiger partial charge in [-0.05, 0) is 40.5 Å². The summed E-state index contributed by atoms with van der Waals surface area (Å²) < 4.78 is 0.867. The van der Waals surface area contributed by atoms with E-state index in [0.717, 1.165) is 22.1 Å². The molecular formula is C12H10BrCl2N3. The van der Waals surface area contributed by atoms with Crippen LogP contribution in [0.4, 0.5) is 11.5 Å². The third-order valence-electron chi connectivity index (χ3n) is 2.43. The second-order valence-electron chi connectivity index (χ2n) is 3.59. The van der Waals surface area contributed by atoms with E-state index < -0.39 is 0 Å². The second kappa shape index (κ2) is 5.87. The van der Waals surface area contributed by atoms with Crippen molar-refractivity contribution >= 4 is 50.6 Å². The summed E-state index contributed by atoms with van der Waals surface area (Å²) in [6.07, 6.45) is 2.20. The average molecular weight is 347 g/mol. The molecule has 2 rings (SSSR count). The first kappa shape index (κ1) is 13.6. The molecule has 0 aliphatic rings. The maximum absolute atomic E-state index is 6.04. The first-order valence-electron chi connectivity index (χ1n) is 5.33. The molecule has 0 radical (unpaired) electrons. The van der Waals surface area contributed by atoms with Crippen LogP contribution in [0.3, 0.4) is 0 Å². The third kappa shape index (κ3) is 2.94. The molecule has 0 aliphatic carbocycles. The Morgan fingerprint density at radius 1 is 1.28 bits per heavy atom. The number of benzene rings is 1. The van der Waals surface area contributed by atoms with E-state index in [2.05, 4.69) is 31.2 Å². The van der Waals surface area contributed by atoms with Crippen molar-refractivity contribution in [2.24, 2.45) is 0 Å². The molecule has 18 heavy (non-hydrogen) atoms. The molecule has 1 N–H and O–H groups in total. The number of hydrogen-bond donors (Lipinski definition) is 1. The van der Waals surface area contributed by atoms with Crippen LogP contribution >= 0.6 is 39.1 Å². The van der Waals surface area contributed by atoms with E-state index in [1.165, 1.54) is 6.33 Å². The summed E-state index contributed by atoms with van der Waals surface area (Å²) in [4.78, 5) is 8.18. The zero-order chi connectivity index (χ0) is 13.1. The number of anilines is 2. The van der Waals surface area contributed by atoms with E-state index in [1.54, 1.807) is 0 Å². The predicted molar refractivity (Wildman–Crippen MR) is 78.9 cm³/mol. The highest BCUT2D eigenvalue weighted by molar-refractivity contribution is 9.10. The van der Waals surface area contributed by atoms with Crippen molar-refractivity contribution in [3.8, 4) is 0 Å². The normalized spacial score (nSPS) is 10.4. The molecule has 0 bridgehead atoms. The Morgan fingerprint density at radius 3 is 2.72 bits per heavy atom. The Bertz CT molecular complexity index is 575. The zero-order valence-corrected chi connectivity index (χ0v) is 12.6. The highest BCUT2D eigenvalue weighted by Crippen LogP contribution is 2.30. The van der Waals surface area contributed by atoms with Crippen LogP contribution in [0.5, 0.6) is 0 Å². The van der Waals surface area contributed by atoms with Crippen molar-refractivity contribution in [1.29, 1.82) is 0 Å². The van der Waals surface area contributed by atoms with Crippen molar-refractivity contribution in [3.63, 3.8) is 0 Å². The van der Waals surface area contributed by atoms with Gasteiger partial charge in [-0.3, -0.25) is 0 Å². The van der Waals surface area contributed by atoms with Crippen LogP contribution in [-0.4, -0.2) is 9.97 Å². The standard InChI is InChI=1S/C12H10BrCl2N3/c1-2-8-11(15)16-6-17-12(8)18-10-4-3-7(14)5-9(10)13/h3-6H,2H2,1H3,(H,16,17,18). The van der Waals surface area contributed by atoms with Crippen LogP contribution in [0.25, 0.3) is 0 Å². The van der Waals surface area contributed by atoms with E-state index in [-0.39, 0.29) is 0 Å². The van der Waals surface area contributed by atoms with Gasteiger partial charge in [0.1, 0.15) is 17.3 Å². The Morgan fingerprint density at radius 2 is 2.06 bits per heavy atom. The minimum absolute atomic E-state index is 0.472. The maximum atomic E-state index is 6.04. The summed E-state index contributed by atoms with van der Waals surface area (Å²) in [7, 11) is 0. The number of nitrogens with one attached hydrogen (secondary N) is 1. The van der Waals surface area contributed by atoms with E-state index in [0.29, 0.717) is 16.0 Å². The van der Waals surface area contributed by atoms with Gasteiger partial charge < -0.3 is 5.32 Å². The monoisotopic (exact) mass is 345 g/mol. The van der Waals surface area contributed by atoms with Crippen molar-refractivity contribution in [2.45, 2.75) is 13.3 Å². The lowest BCUT2D eigenvalue weighted by atomic mass is 10.2. The van der Waals surface area contributed by atoms with Gasteiger partial charge in [-0.1, -0.05) is 30.1 Å². The molecule has 0 unspecified atom stereocenters. The molecular weight excluding hydrogens is 337 g/mol. The minimum atomic E-state index is 0.472. The fraction of sp³-hybridized carbons (Fsp3) is 0.167. The summed E-state index contributed by atoms with van der Waals surface area (Å²) in [6, 6.07) is 5.50. The molecule has 0 aliphatic heterocycles. The molecule has 1 aromatic heterocycles. The van der Waals surface area contributed by atoms with E-state index in [1.807, 2.05) is 25.1 Å². The number of nitrogens with zero attached hydrogens (tertiary/aromatic N) is 2. The van der Waals surface area contributed by atoms with Crippen LogP contribution in [0, 0.1) is 0 Å². The Kier molecular flexibility index (Phi) is 4.43. The van der Waals surface area contributed by atoms with Gasteiger partial charge in [0.25, 0.3) is 0 Å². The highest BCUT2D eigenvalue weighted by atomic mass is 79.9. The highest BCUT2D eigenvalue weighted by Gasteiger charge is 2.09. The molecule has 3 nitrogen and oxygen atoms in total. The summed E-state index contributed by atoms with van der Waals surface area (Å²) in [5.74, 6) is 0.709. The Labute approximate surface area is 124 Å². The van der Waals surface area contributed by atoms with E-state index >= 15 is 0 Å². The molecule has 0 spiro atoms. The summed E-state index contributed by atoms with van der Waals surface area (Å²) in [5, 5.41) is 4.36. The molecule has 0 atom stereocenters. The topological polar surface area (TPSA) is 37.8 Å². The van der Waals surface area contributed by atoms with Crippen LogP contribution in [-0.2, 0) is 6.42 Å². The van der Waals surface area contributed by atoms with Crippen molar-refractivity contribution in [2.75, 3.05) is 5.32 Å². The molecule has 0 fully saturated rings. The van der Waals surface area contributed by atoms with Gasteiger partial charge in [0, 0.05) is 15.1 Å². The number of hydrogen-bond acceptors (Lipinski definition) is 3. The molecule has 6 heteroatoms. The molecule has 1 heterocycles. The molecule has 94 valence electrons. The molecule has 0 saturated heterocycles. The van der Waals surface area contributed by atoms with Gasteiger partial charge in [-0.15, -0.1) is 0 Å². The molecule has 0 saturated carbocycles. The number of halogens is 3. The predicted octanol–water partition coefficient (Wildman–Crippen LogP) is 4.85. The lowest BCUT2D eigenvalue weighted by molar-refractivity contribution is 1.05. The van der Waals surface area contributed by atoms with Gasteiger partial charge in [0.05, 0.1) is 5.69 Å². The molecule has 2 aromatic rings. The van der Waals surface area contributed by atoms with Crippen LogP contribution < -0.4 is 5.32 Å². The Balaban J connectivity index is 2.37. The largest absolute Gasteiger partial charge is 0.339 e. The summed E-state index contributed by atoms with van der Waals surface area (Å²) >= 11 is 15.4. The van der Waals surface area contributed by atoms with E-state index in [9.17, 15) is 0 Å². The SMILES string of the molecule is CCc1c(Cl)ncnc1Nc1ccc(Cl)cc1Br. The van der Waals surface area contributed by atoms with E-state index in [4.69, 9.17) is 23.2 Å². The zero-order valence-electron chi connectivity index (χ0n) is 9.54. The first-order valence-corrected chi connectivity index (χ1v) is 6.88. The third-order valence-corrected chi connectivity index (χ3v) is 3.65. The van der Waals surface area contributed by atoms with Crippen molar-refractivity contribution < 1.29 is 0 Å².